The third-order valence-electron chi connectivity index (χ3n) is 2.09. The maximum atomic E-state index is 12.2. The molecule has 0 atom stereocenters. The van der Waals surface area contributed by atoms with E-state index in [0.29, 0.717) is 0 Å². The van der Waals surface area contributed by atoms with Crippen molar-refractivity contribution in [3.63, 3.8) is 0 Å². The Morgan fingerprint density at radius 1 is 1.33 bits per heavy atom. The Kier molecular flexibility index (Phi) is 2.97. The van der Waals surface area contributed by atoms with Crippen LogP contribution in [0.4, 0.5) is 4.79 Å². The summed E-state index contributed by atoms with van der Waals surface area (Å²) in [6, 6.07) is 0. The van der Waals surface area contributed by atoms with Crippen LogP contribution in [0.2, 0.25) is 0 Å². The van der Waals surface area contributed by atoms with E-state index < -0.39 is 13.8 Å². The Morgan fingerprint density at radius 2 is 1.87 bits per heavy atom. The first-order valence-electron chi connectivity index (χ1n) is 4.89. The maximum Gasteiger partial charge on any atom is 0.431 e. The zero-order chi connectivity index (χ0) is 10.9. The predicted octanol–water partition coefficient (Wildman–Crippen LogP) is 0.403. The Bertz CT molecular complexity index is 287. The van der Waals surface area contributed by atoms with Gasteiger partial charge in [0, 0.05) is 26.2 Å². The summed E-state index contributed by atoms with van der Waals surface area (Å²) in [5.41, 5.74) is 2.06. The molecule has 0 unspecified atom stereocenters. The van der Waals surface area contributed by atoms with Gasteiger partial charge in [-0.25, -0.2) is 14.1 Å². The minimum absolute atomic E-state index is 0.257. The van der Waals surface area contributed by atoms with Crippen molar-refractivity contribution < 1.29 is 18.7 Å². The van der Waals surface area contributed by atoms with Crippen LogP contribution in [0.25, 0.3) is 0 Å². The lowest BCUT2D eigenvalue weighted by atomic mass is 10.9. The van der Waals surface area contributed by atoms with Gasteiger partial charge in [0.2, 0.25) is 0 Å². The normalized spacial score (nSPS) is 21.1. The first kappa shape index (κ1) is 10.9. The van der Waals surface area contributed by atoms with Gasteiger partial charge in [-0.2, -0.15) is 10.1 Å². The molecule has 0 aromatic heterocycles. The third kappa shape index (κ3) is 2.49. The monoisotopic (exact) mass is 235 g/mol. The molecule has 0 spiro atoms. The smallest absolute Gasteiger partial charge is 0.431 e. The van der Waals surface area contributed by atoms with Crippen LogP contribution in [0.1, 0.15) is 6.92 Å². The van der Waals surface area contributed by atoms with Crippen molar-refractivity contribution in [1.29, 1.82) is 0 Å². The van der Waals surface area contributed by atoms with Gasteiger partial charge in [0.15, 0.2) is 0 Å². The zero-order valence-electron chi connectivity index (χ0n) is 8.51. The van der Waals surface area contributed by atoms with Gasteiger partial charge in [-0.1, -0.05) is 0 Å². The standard InChI is InChI=1S/C7H14N3O4P/c1-2-13-7(11)8-14-15(12,9-3-4-9)10-5-6-10/h2-6H2,1H3,(H,8,11). The Balaban J connectivity index is 1.84. The van der Waals surface area contributed by atoms with Gasteiger partial charge in [-0.3, -0.25) is 4.57 Å². The van der Waals surface area contributed by atoms with Crippen LogP contribution in [0.5, 0.6) is 0 Å². The molecular weight excluding hydrogens is 221 g/mol. The zero-order valence-corrected chi connectivity index (χ0v) is 9.40. The number of hydrogen-bond donors (Lipinski definition) is 1. The second-order valence-electron chi connectivity index (χ2n) is 3.31. The minimum Gasteiger partial charge on any atom is -0.448 e. The van der Waals surface area contributed by atoms with E-state index in [1.807, 2.05) is 0 Å². The van der Waals surface area contributed by atoms with Crippen molar-refractivity contribution in [3.8, 4) is 0 Å². The average molecular weight is 235 g/mol. The van der Waals surface area contributed by atoms with Crippen molar-refractivity contribution in [3.05, 3.63) is 0 Å². The van der Waals surface area contributed by atoms with E-state index in [1.165, 1.54) is 0 Å². The van der Waals surface area contributed by atoms with Crippen molar-refractivity contribution in [2.24, 2.45) is 0 Å². The summed E-state index contributed by atoms with van der Waals surface area (Å²) in [6.45, 7) is 4.94. The molecule has 0 aromatic rings. The van der Waals surface area contributed by atoms with Gasteiger partial charge >= 0.3 is 13.8 Å². The van der Waals surface area contributed by atoms with Crippen LogP contribution in [-0.2, 0) is 13.9 Å². The molecule has 0 aliphatic carbocycles. The Hall–Kier alpha value is -0.620. The highest BCUT2D eigenvalue weighted by Gasteiger charge is 2.50. The summed E-state index contributed by atoms with van der Waals surface area (Å²) in [5, 5.41) is 0. The van der Waals surface area contributed by atoms with Crippen LogP contribution >= 0.6 is 7.67 Å². The number of rotatable bonds is 5. The SMILES string of the molecule is CCOC(=O)NOP(=O)(N1CC1)N1CC1. The summed E-state index contributed by atoms with van der Waals surface area (Å²) >= 11 is 0. The Labute approximate surface area is 87.8 Å². The summed E-state index contributed by atoms with van der Waals surface area (Å²) in [5.74, 6) is 0. The lowest BCUT2D eigenvalue weighted by Crippen LogP contribution is -2.26. The predicted molar refractivity (Wildman–Crippen MR) is 52.0 cm³/mol. The lowest BCUT2D eigenvalue weighted by Gasteiger charge is -2.18. The number of nitrogens with one attached hydrogen (secondary N) is 1. The molecule has 0 saturated carbocycles. The molecule has 7 nitrogen and oxygen atoms in total. The molecule has 0 aromatic carbocycles. The molecule has 1 N–H and O–H groups in total. The number of carbonyl (C=O) groups is 1. The van der Waals surface area contributed by atoms with E-state index in [-0.39, 0.29) is 6.61 Å². The molecule has 2 aliphatic rings. The molecular formula is C7H14N3O4P. The lowest BCUT2D eigenvalue weighted by molar-refractivity contribution is 0.0989. The van der Waals surface area contributed by atoms with Crippen LogP contribution in [0.3, 0.4) is 0 Å². The highest BCUT2D eigenvalue weighted by molar-refractivity contribution is 7.54. The molecule has 1 amide bonds. The Morgan fingerprint density at radius 3 is 2.27 bits per heavy atom. The number of hydroxylamine groups is 1. The van der Waals surface area contributed by atoms with Crippen molar-refractivity contribution in [2.75, 3.05) is 32.8 Å². The second-order valence-corrected chi connectivity index (χ2v) is 5.61. The quantitative estimate of drug-likeness (QED) is 0.422. The van der Waals surface area contributed by atoms with Crippen molar-refractivity contribution in [1.82, 2.24) is 14.8 Å². The van der Waals surface area contributed by atoms with Crippen LogP contribution in [0.15, 0.2) is 0 Å². The highest BCUT2D eigenvalue weighted by Crippen LogP contribution is 2.60. The molecule has 86 valence electrons. The summed E-state index contributed by atoms with van der Waals surface area (Å²) in [6.07, 6.45) is -0.707. The van der Waals surface area contributed by atoms with Gasteiger partial charge in [0.25, 0.3) is 0 Å². The average Bonchev–Trinajstić information content (AvgIpc) is 3.07. The number of hydrogen-bond acceptors (Lipinski definition) is 4. The van der Waals surface area contributed by atoms with Gasteiger partial charge in [-0.05, 0) is 6.92 Å². The molecule has 2 rings (SSSR count). The van der Waals surface area contributed by atoms with Gasteiger partial charge < -0.3 is 4.74 Å². The van der Waals surface area contributed by atoms with E-state index in [9.17, 15) is 9.36 Å². The number of ether oxygens (including phenoxy) is 1. The van der Waals surface area contributed by atoms with E-state index in [0.717, 1.165) is 26.2 Å². The molecule has 15 heavy (non-hydrogen) atoms. The molecule has 0 bridgehead atoms. The molecule has 2 fully saturated rings. The van der Waals surface area contributed by atoms with Crippen molar-refractivity contribution in [2.45, 2.75) is 6.92 Å². The van der Waals surface area contributed by atoms with E-state index in [1.54, 1.807) is 16.3 Å². The fourth-order valence-corrected chi connectivity index (χ4v) is 3.12. The maximum absolute atomic E-state index is 12.2. The summed E-state index contributed by atoms with van der Waals surface area (Å²) in [4.78, 5) is 11.0. The number of amides is 1. The van der Waals surface area contributed by atoms with E-state index in [2.05, 4.69) is 10.2 Å². The van der Waals surface area contributed by atoms with E-state index in [4.69, 9.17) is 4.62 Å². The van der Waals surface area contributed by atoms with Crippen molar-refractivity contribution >= 4 is 13.8 Å². The van der Waals surface area contributed by atoms with E-state index >= 15 is 0 Å². The highest BCUT2D eigenvalue weighted by atomic mass is 31.2. The molecule has 2 saturated heterocycles. The number of nitrogens with zero attached hydrogens (tertiary/aromatic N) is 2. The fourth-order valence-electron chi connectivity index (χ4n) is 1.15. The minimum atomic E-state index is -2.96. The summed E-state index contributed by atoms with van der Waals surface area (Å²) in [7, 11) is -2.96. The fraction of sp³-hybridized carbons (Fsp3) is 0.857. The van der Waals surface area contributed by atoms with Crippen LogP contribution in [0, 0.1) is 0 Å². The molecule has 2 heterocycles. The summed E-state index contributed by atoms with van der Waals surface area (Å²) < 4.78 is 25.2. The topological polar surface area (TPSA) is 70.7 Å². The van der Waals surface area contributed by atoms with Crippen LogP contribution < -0.4 is 5.48 Å². The third-order valence-corrected chi connectivity index (χ3v) is 4.64. The van der Waals surface area contributed by atoms with Gasteiger partial charge in [-0.15, -0.1) is 0 Å². The molecule has 8 heteroatoms. The first-order chi connectivity index (χ1) is 7.16. The first-order valence-corrected chi connectivity index (χ1v) is 6.42. The van der Waals surface area contributed by atoms with Gasteiger partial charge in [0.05, 0.1) is 6.61 Å². The second kappa shape index (κ2) is 4.09. The number of carbonyl (C=O) groups excluding carboxylic acids is 1. The molecule has 0 radical (unpaired) electrons. The largest absolute Gasteiger partial charge is 0.448 e. The molecule has 2 aliphatic heterocycles. The van der Waals surface area contributed by atoms with Crippen LogP contribution in [-0.4, -0.2) is 48.2 Å². The van der Waals surface area contributed by atoms with Gasteiger partial charge in [0.1, 0.15) is 0 Å².